The van der Waals surface area contributed by atoms with Gasteiger partial charge >= 0.3 is 0 Å². The molecule has 2 aliphatic rings. The van der Waals surface area contributed by atoms with Crippen molar-refractivity contribution < 1.29 is 9.90 Å². The van der Waals surface area contributed by atoms with Gasteiger partial charge in [-0.1, -0.05) is 42.5 Å². The van der Waals surface area contributed by atoms with E-state index in [1.165, 1.54) is 5.56 Å². The number of benzene rings is 3. The highest BCUT2D eigenvalue weighted by Crippen LogP contribution is 2.29. The van der Waals surface area contributed by atoms with Gasteiger partial charge in [-0.25, -0.2) is 0 Å². The van der Waals surface area contributed by atoms with Crippen LogP contribution >= 0.6 is 0 Å². The van der Waals surface area contributed by atoms with E-state index >= 15 is 0 Å². The fourth-order valence-electron chi connectivity index (χ4n) is 5.91. The Morgan fingerprint density at radius 3 is 2.45 bits per heavy atom. The zero-order chi connectivity index (χ0) is 26.5. The van der Waals surface area contributed by atoms with Crippen LogP contribution in [-0.2, 0) is 6.42 Å². The topological polar surface area (TPSA) is 70.8 Å². The molecule has 6 heteroatoms. The number of nitriles is 1. The standard InChI is InChI=1S/C32H36N4O2/c1-24-11-12-26(19-25-13-15-34(16-14-25)31-10-6-5-7-27(31)21-33)20-30(24)32(38)35-17-18-36(29(22-35)23-37)28-8-3-2-4-9-28/h2-12,20,25,29,37H,13-19,22-23H2,1H3/t29-/m1/s1. The Morgan fingerprint density at radius 1 is 0.974 bits per heavy atom. The predicted molar refractivity (Wildman–Crippen MR) is 152 cm³/mol. The summed E-state index contributed by atoms with van der Waals surface area (Å²) in [5, 5.41) is 19.6. The minimum atomic E-state index is -0.116. The first-order valence-corrected chi connectivity index (χ1v) is 13.6. The Morgan fingerprint density at radius 2 is 1.71 bits per heavy atom. The molecule has 1 amide bonds. The van der Waals surface area contributed by atoms with Crippen molar-refractivity contribution in [2.45, 2.75) is 32.2 Å². The van der Waals surface area contributed by atoms with Crippen LogP contribution in [-0.4, -0.2) is 61.3 Å². The highest BCUT2D eigenvalue weighted by molar-refractivity contribution is 5.96. The molecule has 0 bridgehead atoms. The van der Waals surface area contributed by atoms with Crippen LogP contribution in [0.2, 0.25) is 0 Å². The van der Waals surface area contributed by atoms with Gasteiger partial charge in [-0.05, 0) is 73.6 Å². The Hall–Kier alpha value is -3.82. The SMILES string of the molecule is Cc1ccc(CC2CCN(c3ccccc3C#N)CC2)cc1C(=O)N1CCN(c2ccccc2)[C@@H](CO)C1. The number of aryl methyl sites for hydroxylation is 1. The summed E-state index contributed by atoms with van der Waals surface area (Å²) >= 11 is 0. The number of hydrogen-bond acceptors (Lipinski definition) is 5. The Bertz CT molecular complexity index is 1290. The molecule has 2 heterocycles. The molecular weight excluding hydrogens is 472 g/mol. The maximum absolute atomic E-state index is 13.6. The van der Waals surface area contributed by atoms with Gasteiger partial charge in [0.05, 0.1) is 23.9 Å². The number of carbonyl (C=O) groups is 1. The lowest BCUT2D eigenvalue weighted by Crippen LogP contribution is -2.56. The molecule has 3 aromatic carbocycles. The lowest BCUT2D eigenvalue weighted by molar-refractivity contribution is 0.0698. The second-order valence-electron chi connectivity index (χ2n) is 10.5. The molecule has 1 N–H and O–H groups in total. The summed E-state index contributed by atoms with van der Waals surface area (Å²) in [7, 11) is 0. The predicted octanol–water partition coefficient (Wildman–Crippen LogP) is 4.65. The molecule has 0 unspecified atom stereocenters. The third-order valence-electron chi connectivity index (χ3n) is 8.11. The van der Waals surface area contributed by atoms with E-state index in [0.29, 0.717) is 25.6 Å². The van der Waals surface area contributed by atoms with Gasteiger partial charge < -0.3 is 19.8 Å². The molecule has 0 radical (unpaired) electrons. The van der Waals surface area contributed by atoms with Crippen molar-refractivity contribution in [3.05, 3.63) is 95.1 Å². The molecule has 38 heavy (non-hydrogen) atoms. The van der Waals surface area contributed by atoms with E-state index in [9.17, 15) is 15.2 Å². The Balaban J connectivity index is 1.22. The summed E-state index contributed by atoms with van der Waals surface area (Å²) in [6.07, 6.45) is 3.09. The highest BCUT2D eigenvalue weighted by atomic mass is 16.3. The highest BCUT2D eigenvalue weighted by Gasteiger charge is 2.30. The molecule has 2 saturated heterocycles. The summed E-state index contributed by atoms with van der Waals surface area (Å²) in [4.78, 5) is 20.1. The maximum Gasteiger partial charge on any atom is 0.254 e. The third-order valence-corrected chi connectivity index (χ3v) is 8.11. The number of nitrogens with zero attached hydrogens (tertiary/aromatic N) is 4. The smallest absolute Gasteiger partial charge is 0.254 e. The Kier molecular flexibility index (Phi) is 7.95. The largest absolute Gasteiger partial charge is 0.394 e. The summed E-state index contributed by atoms with van der Waals surface area (Å²) in [6, 6.07) is 26.5. The van der Waals surface area contributed by atoms with E-state index in [4.69, 9.17) is 0 Å². The minimum absolute atomic E-state index is 0.00916. The number of amides is 1. The van der Waals surface area contributed by atoms with Gasteiger partial charge in [-0.15, -0.1) is 0 Å². The fourth-order valence-corrected chi connectivity index (χ4v) is 5.91. The summed E-state index contributed by atoms with van der Waals surface area (Å²) in [5.41, 5.74) is 5.82. The molecule has 2 fully saturated rings. The first kappa shape index (κ1) is 25.8. The molecule has 0 aromatic heterocycles. The molecule has 5 rings (SSSR count). The summed E-state index contributed by atoms with van der Waals surface area (Å²) in [5.74, 6) is 0.609. The van der Waals surface area contributed by atoms with Crippen molar-refractivity contribution in [2.24, 2.45) is 5.92 Å². The average Bonchev–Trinajstić information content (AvgIpc) is 2.98. The van der Waals surface area contributed by atoms with E-state index in [1.54, 1.807) is 0 Å². The van der Waals surface area contributed by atoms with Gasteiger partial charge in [-0.2, -0.15) is 5.26 Å². The third kappa shape index (κ3) is 5.54. The van der Waals surface area contributed by atoms with E-state index in [-0.39, 0.29) is 18.6 Å². The lowest BCUT2D eigenvalue weighted by Gasteiger charge is -2.42. The zero-order valence-electron chi connectivity index (χ0n) is 22.1. The van der Waals surface area contributed by atoms with Crippen LogP contribution in [0.3, 0.4) is 0 Å². The quantitative estimate of drug-likeness (QED) is 0.525. The zero-order valence-corrected chi connectivity index (χ0v) is 22.1. The lowest BCUT2D eigenvalue weighted by atomic mass is 9.88. The first-order valence-electron chi connectivity index (χ1n) is 13.6. The second-order valence-corrected chi connectivity index (χ2v) is 10.5. The number of piperazine rings is 1. The van der Waals surface area contributed by atoms with E-state index in [1.807, 2.05) is 54.3 Å². The van der Waals surface area contributed by atoms with Gasteiger partial charge in [0.15, 0.2) is 0 Å². The number of carbonyl (C=O) groups excluding carboxylic acids is 1. The van der Waals surface area contributed by atoms with Crippen LogP contribution in [0.15, 0.2) is 72.8 Å². The molecular formula is C32H36N4O2. The van der Waals surface area contributed by atoms with Crippen LogP contribution < -0.4 is 9.80 Å². The van der Waals surface area contributed by atoms with Gasteiger partial charge in [0.1, 0.15) is 6.07 Å². The van der Waals surface area contributed by atoms with Gasteiger partial charge in [0.2, 0.25) is 0 Å². The van der Waals surface area contributed by atoms with Crippen molar-refractivity contribution in [3.63, 3.8) is 0 Å². The van der Waals surface area contributed by atoms with Gasteiger partial charge in [0.25, 0.3) is 5.91 Å². The molecule has 6 nitrogen and oxygen atoms in total. The van der Waals surface area contributed by atoms with Crippen molar-refractivity contribution >= 4 is 17.3 Å². The number of hydrogen-bond donors (Lipinski definition) is 1. The summed E-state index contributed by atoms with van der Waals surface area (Å²) < 4.78 is 0. The van der Waals surface area contributed by atoms with Crippen LogP contribution in [0.5, 0.6) is 0 Å². The first-order chi connectivity index (χ1) is 18.6. The van der Waals surface area contributed by atoms with Crippen molar-refractivity contribution in [3.8, 4) is 6.07 Å². The number of aliphatic hydroxyl groups is 1. The molecule has 0 aliphatic carbocycles. The average molecular weight is 509 g/mol. The van der Waals surface area contributed by atoms with E-state index in [2.05, 4.69) is 46.2 Å². The Labute approximate surface area is 225 Å². The van der Waals surface area contributed by atoms with Crippen molar-refractivity contribution in [1.29, 1.82) is 5.26 Å². The number of piperidine rings is 1. The normalized spacial score (nSPS) is 18.3. The van der Waals surface area contributed by atoms with Crippen LogP contribution in [0.1, 0.15) is 39.9 Å². The maximum atomic E-state index is 13.6. The van der Waals surface area contributed by atoms with Gasteiger partial charge in [-0.3, -0.25) is 4.79 Å². The van der Waals surface area contributed by atoms with Crippen molar-refractivity contribution in [2.75, 3.05) is 49.1 Å². The number of anilines is 2. The van der Waals surface area contributed by atoms with Gasteiger partial charge in [0, 0.05) is 44.0 Å². The number of aliphatic hydroxyl groups excluding tert-OH is 1. The molecule has 3 aromatic rings. The molecule has 0 spiro atoms. The molecule has 196 valence electrons. The monoisotopic (exact) mass is 508 g/mol. The number of para-hydroxylation sites is 2. The van der Waals surface area contributed by atoms with Crippen LogP contribution in [0.4, 0.5) is 11.4 Å². The van der Waals surface area contributed by atoms with E-state index in [0.717, 1.165) is 60.4 Å². The number of rotatable bonds is 6. The minimum Gasteiger partial charge on any atom is -0.394 e. The molecule has 2 aliphatic heterocycles. The molecule has 0 saturated carbocycles. The summed E-state index contributed by atoms with van der Waals surface area (Å²) in [6.45, 7) is 5.74. The fraction of sp³-hybridized carbons (Fsp3) is 0.375. The second kappa shape index (κ2) is 11.7. The van der Waals surface area contributed by atoms with E-state index < -0.39 is 0 Å². The van der Waals surface area contributed by atoms with Crippen molar-refractivity contribution in [1.82, 2.24) is 4.90 Å². The van der Waals surface area contributed by atoms with Crippen LogP contribution in [0, 0.1) is 24.2 Å². The molecule has 1 atom stereocenters. The van der Waals surface area contributed by atoms with Crippen LogP contribution in [0.25, 0.3) is 0 Å².